The number of pyridine rings is 1. The zero-order valence-electron chi connectivity index (χ0n) is 31.0. The van der Waals surface area contributed by atoms with Gasteiger partial charge in [-0.3, -0.25) is 4.90 Å². The molecule has 13 heteroatoms. The minimum atomic E-state index is -2.71. The number of nitrogens with one attached hydrogen (secondary N) is 2. The fraction of sp³-hybridized carbons (Fsp3) is 0.410. The number of methoxy groups -OCH3 is 1. The first-order valence-corrected chi connectivity index (χ1v) is 21.5. The number of anilines is 5. The van der Waals surface area contributed by atoms with Crippen molar-refractivity contribution in [1.29, 1.82) is 0 Å². The standard InChI is InChI=1S/C39H49BrN9O2P/c1-7-26-21-33(35(51-4)23-34(26)49-15-12-28(13-16-49)48-19-17-46(2)18-20-48)44-39-42-24-31(40)37(45-39)43-32-11-10-27(22-36(32)52(5,6)50)30-25-47(3)38-29(30)9-8-14-41-38/h8-11,14,21-25,28H,7,12-13,15-20H2,1-6H3,(H2,42,43,44,45). The molecule has 2 aliphatic heterocycles. The summed E-state index contributed by atoms with van der Waals surface area (Å²) in [6.07, 6.45) is 8.83. The third-order valence-corrected chi connectivity index (χ3v) is 12.6. The van der Waals surface area contributed by atoms with Crippen LogP contribution in [-0.2, 0) is 18.0 Å². The Morgan fingerprint density at radius 1 is 0.962 bits per heavy atom. The Morgan fingerprint density at radius 3 is 2.44 bits per heavy atom. The molecule has 5 aromatic rings. The van der Waals surface area contributed by atoms with E-state index in [2.05, 4.69) is 89.6 Å². The highest BCUT2D eigenvalue weighted by atomic mass is 79.9. The lowest BCUT2D eigenvalue weighted by Crippen LogP contribution is -2.52. The van der Waals surface area contributed by atoms with Gasteiger partial charge in [-0.25, -0.2) is 9.97 Å². The van der Waals surface area contributed by atoms with Crippen LogP contribution in [0.2, 0.25) is 0 Å². The fourth-order valence-electron chi connectivity index (χ4n) is 7.57. The average molecular weight is 787 g/mol. The lowest BCUT2D eigenvalue weighted by molar-refractivity contribution is 0.0982. The summed E-state index contributed by atoms with van der Waals surface area (Å²) >= 11 is 3.64. The van der Waals surface area contributed by atoms with E-state index < -0.39 is 7.14 Å². The van der Waals surface area contributed by atoms with E-state index in [0.29, 0.717) is 22.3 Å². The number of halogens is 1. The summed E-state index contributed by atoms with van der Waals surface area (Å²) in [4.78, 5) is 21.6. The number of ether oxygens (including phenoxy) is 1. The van der Waals surface area contributed by atoms with Gasteiger partial charge in [-0.2, -0.15) is 4.98 Å². The highest BCUT2D eigenvalue weighted by Gasteiger charge is 2.28. The lowest BCUT2D eigenvalue weighted by atomic mass is 9.99. The Hall–Kier alpha value is -3.96. The average Bonchev–Trinajstić information content (AvgIpc) is 3.49. The second-order valence-electron chi connectivity index (χ2n) is 14.3. The van der Waals surface area contributed by atoms with E-state index in [0.717, 1.165) is 77.2 Å². The van der Waals surface area contributed by atoms with Crippen LogP contribution >= 0.6 is 23.1 Å². The first-order valence-electron chi connectivity index (χ1n) is 18.1. The summed E-state index contributed by atoms with van der Waals surface area (Å²) in [5.41, 5.74) is 6.96. The predicted octanol–water partition coefficient (Wildman–Crippen LogP) is 7.32. The number of benzene rings is 2. The number of likely N-dealkylation sites (N-methyl/N-ethyl adjacent to an activating group) is 1. The molecule has 2 fully saturated rings. The molecule has 2 aromatic carbocycles. The monoisotopic (exact) mass is 785 g/mol. The van der Waals surface area contributed by atoms with Crippen molar-refractivity contribution in [1.82, 2.24) is 29.3 Å². The number of piperazine rings is 1. The minimum Gasteiger partial charge on any atom is -0.494 e. The molecule has 0 spiro atoms. The zero-order valence-corrected chi connectivity index (χ0v) is 33.5. The number of hydrogen-bond acceptors (Lipinski definition) is 10. The molecule has 11 nitrogen and oxygen atoms in total. The van der Waals surface area contributed by atoms with Gasteiger partial charge in [0.1, 0.15) is 24.4 Å². The third kappa shape index (κ3) is 7.57. The first kappa shape index (κ1) is 36.4. The molecule has 0 bridgehead atoms. The SMILES string of the molecule is CCc1cc(Nc2ncc(Br)c(Nc3ccc(-c4cn(C)c5ncccc45)cc3P(C)(C)=O)n2)c(OC)cc1N1CCC(N2CCN(C)CC2)CC1. The molecule has 5 heterocycles. The van der Waals surface area contributed by atoms with Gasteiger partial charge in [-0.15, -0.1) is 0 Å². The zero-order chi connectivity index (χ0) is 36.6. The van der Waals surface area contributed by atoms with Crippen LogP contribution in [0.3, 0.4) is 0 Å². The summed E-state index contributed by atoms with van der Waals surface area (Å²) in [6, 6.07) is 15.0. The van der Waals surface area contributed by atoms with Gasteiger partial charge >= 0.3 is 0 Å². The van der Waals surface area contributed by atoms with Crippen LogP contribution in [0.1, 0.15) is 25.3 Å². The van der Waals surface area contributed by atoms with Crippen LogP contribution in [0.5, 0.6) is 5.75 Å². The number of piperidine rings is 1. The summed E-state index contributed by atoms with van der Waals surface area (Å²) in [5.74, 6) is 1.72. The molecule has 274 valence electrons. The van der Waals surface area contributed by atoms with Gasteiger partial charge in [0.15, 0.2) is 0 Å². The molecule has 52 heavy (non-hydrogen) atoms. The van der Waals surface area contributed by atoms with E-state index in [1.165, 1.54) is 37.2 Å². The Labute approximate surface area is 315 Å². The molecule has 0 amide bonds. The maximum Gasteiger partial charge on any atom is 0.229 e. The maximum atomic E-state index is 13.7. The lowest BCUT2D eigenvalue weighted by Gasteiger charge is -2.43. The Balaban J connectivity index is 1.12. The fourth-order valence-corrected chi connectivity index (χ4v) is 9.02. The quantitative estimate of drug-likeness (QED) is 0.140. The van der Waals surface area contributed by atoms with Gasteiger partial charge in [-0.1, -0.05) is 13.0 Å². The van der Waals surface area contributed by atoms with Crippen molar-refractivity contribution in [3.63, 3.8) is 0 Å². The van der Waals surface area contributed by atoms with Gasteiger partial charge in [0.2, 0.25) is 5.95 Å². The predicted molar refractivity (Wildman–Crippen MR) is 218 cm³/mol. The van der Waals surface area contributed by atoms with Gasteiger partial charge < -0.3 is 34.3 Å². The minimum absolute atomic E-state index is 0.421. The van der Waals surface area contributed by atoms with Gasteiger partial charge in [0.25, 0.3) is 0 Å². The molecule has 0 saturated carbocycles. The van der Waals surface area contributed by atoms with Gasteiger partial charge in [0, 0.05) is 99.0 Å². The number of hydrogen-bond donors (Lipinski definition) is 2. The highest BCUT2D eigenvalue weighted by molar-refractivity contribution is 9.10. The van der Waals surface area contributed by atoms with Crippen LogP contribution in [-0.4, -0.2) is 102 Å². The summed E-state index contributed by atoms with van der Waals surface area (Å²) < 4.78 is 22.3. The molecule has 0 atom stereocenters. The van der Waals surface area contributed by atoms with Crippen LogP contribution in [0.4, 0.5) is 28.8 Å². The van der Waals surface area contributed by atoms with Crippen LogP contribution in [0.15, 0.2) is 65.5 Å². The largest absolute Gasteiger partial charge is 0.494 e. The van der Waals surface area contributed by atoms with Crippen molar-refractivity contribution in [2.75, 3.05) is 82.3 Å². The van der Waals surface area contributed by atoms with Crippen LogP contribution in [0.25, 0.3) is 22.2 Å². The Bertz CT molecular complexity index is 2120. The normalized spacial score (nSPS) is 16.4. The number of aromatic nitrogens is 4. The molecule has 0 radical (unpaired) electrons. The van der Waals surface area contributed by atoms with Crippen molar-refractivity contribution < 1.29 is 9.30 Å². The molecule has 2 saturated heterocycles. The molecule has 3 aromatic heterocycles. The molecular weight excluding hydrogens is 737 g/mol. The van der Waals surface area contributed by atoms with E-state index in [9.17, 15) is 4.57 Å². The Kier molecular flexibility index (Phi) is 10.6. The first-order chi connectivity index (χ1) is 25.0. The molecular formula is C39H49BrN9O2P. The highest BCUT2D eigenvalue weighted by Crippen LogP contribution is 2.42. The van der Waals surface area contributed by atoms with Crippen LogP contribution < -0.4 is 25.6 Å². The third-order valence-electron chi connectivity index (χ3n) is 10.5. The van der Waals surface area contributed by atoms with Crippen molar-refractivity contribution in [2.45, 2.75) is 32.2 Å². The summed E-state index contributed by atoms with van der Waals surface area (Å²) in [7, 11) is 3.21. The van der Waals surface area contributed by atoms with Gasteiger partial charge in [0.05, 0.1) is 23.0 Å². The molecule has 2 N–H and O–H groups in total. The van der Waals surface area contributed by atoms with E-state index in [4.69, 9.17) is 9.72 Å². The van der Waals surface area contributed by atoms with E-state index in [-0.39, 0.29) is 0 Å². The smallest absolute Gasteiger partial charge is 0.229 e. The molecule has 2 aliphatic rings. The molecule has 0 aliphatic carbocycles. The van der Waals surface area contributed by atoms with E-state index in [1.54, 1.807) is 32.8 Å². The topological polar surface area (TPSA) is 104 Å². The van der Waals surface area contributed by atoms with Crippen molar-refractivity contribution >= 4 is 68.2 Å². The van der Waals surface area contributed by atoms with E-state index in [1.807, 2.05) is 35.9 Å². The van der Waals surface area contributed by atoms with Crippen LogP contribution in [0, 0.1) is 0 Å². The van der Waals surface area contributed by atoms with E-state index >= 15 is 0 Å². The number of aryl methyl sites for hydroxylation is 2. The molecule has 7 rings (SSSR count). The van der Waals surface area contributed by atoms with Gasteiger partial charge in [-0.05, 0) is 97.0 Å². The summed E-state index contributed by atoms with van der Waals surface area (Å²) in [6.45, 7) is 12.5. The van der Waals surface area contributed by atoms with Crippen molar-refractivity contribution in [2.24, 2.45) is 7.05 Å². The second-order valence-corrected chi connectivity index (χ2v) is 18.4. The van der Waals surface area contributed by atoms with Crippen molar-refractivity contribution in [3.05, 3.63) is 71.1 Å². The second kappa shape index (κ2) is 15.2. The Morgan fingerprint density at radius 2 is 1.73 bits per heavy atom. The number of rotatable bonds is 10. The number of nitrogens with zero attached hydrogens (tertiary/aromatic N) is 7. The molecule has 0 unspecified atom stereocenters. The number of fused-ring (bicyclic) bond motifs is 1. The van der Waals surface area contributed by atoms with Crippen molar-refractivity contribution in [3.8, 4) is 16.9 Å². The summed E-state index contributed by atoms with van der Waals surface area (Å²) in [5, 5.41) is 8.67. The maximum absolute atomic E-state index is 13.7.